The fraction of sp³-hybridized carbons (Fsp3) is 1.00. The highest BCUT2D eigenvalue weighted by atomic mass is 32.2. The normalized spacial score (nSPS) is 45.3. The number of thioether (sulfide) groups is 1. The van der Waals surface area contributed by atoms with E-state index >= 15 is 0 Å². The summed E-state index contributed by atoms with van der Waals surface area (Å²) in [5.41, 5.74) is 0.402. The Labute approximate surface area is 123 Å². The second-order valence-corrected chi connectivity index (χ2v) is 8.41. The second kappa shape index (κ2) is 5.57. The molecular weight excluding hydrogens is 252 g/mol. The molecule has 0 bridgehead atoms. The van der Waals surface area contributed by atoms with Gasteiger partial charge in [-0.2, -0.15) is 11.8 Å². The van der Waals surface area contributed by atoms with E-state index in [1.165, 1.54) is 51.6 Å². The number of hydrogen-bond donors (Lipinski definition) is 1. The van der Waals surface area contributed by atoms with Gasteiger partial charge in [0.2, 0.25) is 0 Å². The average molecular weight is 282 g/mol. The Kier molecular flexibility index (Phi) is 4.17. The van der Waals surface area contributed by atoms with Crippen LogP contribution in [0.25, 0.3) is 0 Å². The summed E-state index contributed by atoms with van der Waals surface area (Å²) in [7, 11) is 0. The van der Waals surface area contributed by atoms with Crippen LogP contribution in [0.1, 0.15) is 52.4 Å². The van der Waals surface area contributed by atoms with Crippen molar-refractivity contribution in [3.8, 4) is 0 Å². The lowest BCUT2D eigenvalue weighted by Crippen LogP contribution is -2.65. The molecule has 2 saturated carbocycles. The van der Waals surface area contributed by atoms with Gasteiger partial charge < -0.3 is 5.32 Å². The maximum Gasteiger partial charge on any atom is 0.0309 e. The molecular formula is C16H30N2S. The summed E-state index contributed by atoms with van der Waals surface area (Å²) < 4.78 is 0. The highest BCUT2D eigenvalue weighted by Crippen LogP contribution is 2.42. The molecule has 0 aromatic heterocycles. The van der Waals surface area contributed by atoms with E-state index in [1.54, 1.807) is 0 Å². The quantitative estimate of drug-likeness (QED) is 0.856. The van der Waals surface area contributed by atoms with Crippen molar-refractivity contribution in [1.29, 1.82) is 0 Å². The van der Waals surface area contributed by atoms with Gasteiger partial charge in [-0.1, -0.05) is 6.42 Å². The molecule has 0 aromatic rings. The fourth-order valence-electron chi connectivity index (χ4n) is 4.21. The van der Waals surface area contributed by atoms with Gasteiger partial charge in [0.15, 0.2) is 0 Å². The van der Waals surface area contributed by atoms with E-state index in [9.17, 15) is 0 Å². The van der Waals surface area contributed by atoms with E-state index in [0.29, 0.717) is 5.54 Å². The first-order chi connectivity index (χ1) is 9.12. The van der Waals surface area contributed by atoms with Gasteiger partial charge >= 0.3 is 0 Å². The van der Waals surface area contributed by atoms with Crippen LogP contribution in [-0.4, -0.2) is 47.1 Å². The van der Waals surface area contributed by atoms with Crippen LogP contribution in [0, 0.1) is 5.92 Å². The van der Waals surface area contributed by atoms with Crippen LogP contribution in [0.4, 0.5) is 0 Å². The third kappa shape index (κ3) is 2.98. The van der Waals surface area contributed by atoms with Crippen LogP contribution in [-0.2, 0) is 0 Å². The molecule has 2 aliphatic carbocycles. The van der Waals surface area contributed by atoms with E-state index in [-0.39, 0.29) is 0 Å². The van der Waals surface area contributed by atoms with Crippen LogP contribution in [0.3, 0.4) is 0 Å². The smallest absolute Gasteiger partial charge is 0.0309 e. The van der Waals surface area contributed by atoms with Crippen molar-refractivity contribution in [2.45, 2.75) is 75.2 Å². The Morgan fingerprint density at radius 3 is 2.68 bits per heavy atom. The SMILES string of the molecule is CSC1CCCC(N2CC(C)(C3CC3)NCC2C)C1. The zero-order chi connectivity index (χ0) is 13.5. The molecule has 4 atom stereocenters. The summed E-state index contributed by atoms with van der Waals surface area (Å²) in [4.78, 5) is 2.86. The van der Waals surface area contributed by atoms with E-state index in [0.717, 1.165) is 23.3 Å². The number of nitrogens with one attached hydrogen (secondary N) is 1. The molecule has 0 aromatic carbocycles. The van der Waals surface area contributed by atoms with Crippen LogP contribution in [0.15, 0.2) is 0 Å². The van der Waals surface area contributed by atoms with Crippen molar-refractivity contribution in [2.75, 3.05) is 19.3 Å². The summed E-state index contributed by atoms with van der Waals surface area (Å²) in [6.07, 6.45) is 10.9. The largest absolute Gasteiger partial charge is 0.308 e. The van der Waals surface area contributed by atoms with E-state index in [2.05, 4.69) is 42.1 Å². The van der Waals surface area contributed by atoms with Gasteiger partial charge in [-0.25, -0.2) is 0 Å². The van der Waals surface area contributed by atoms with Gasteiger partial charge in [0, 0.05) is 36.0 Å². The number of hydrogen-bond acceptors (Lipinski definition) is 3. The third-order valence-corrected chi connectivity index (χ3v) is 6.85. The Hall–Kier alpha value is 0.270. The highest BCUT2D eigenvalue weighted by Gasteiger charge is 2.46. The van der Waals surface area contributed by atoms with Crippen molar-refractivity contribution in [1.82, 2.24) is 10.2 Å². The monoisotopic (exact) mass is 282 g/mol. The summed E-state index contributed by atoms with van der Waals surface area (Å²) in [5, 5.41) is 4.76. The molecule has 1 N–H and O–H groups in total. The zero-order valence-electron chi connectivity index (χ0n) is 12.8. The topological polar surface area (TPSA) is 15.3 Å². The molecule has 0 radical (unpaired) electrons. The molecule has 1 heterocycles. The first-order valence-corrected chi connectivity index (χ1v) is 9.45. The molecule has 2 nitrogen and oxygen atoms in total. The lowest BCUT2D eigenvalue weighted by Gasteiger charge is -2.50. The molecule has 19 heavy (non-hydrogen) atoms. The van der Waals surface area contributed by atoms with Gasteiger partial charge in [0.1, 0.15) is 0 Å². The summed E-state index contributed by atoms with van der Waals surface area (Å²) in [6, 6.07) is 1.57. The van der Waals surface area contributed by atoms with E-state index < -0.39 is 0 Å². The molecule has 110 valence electrons. The van der Waals surface area contributed by atoms with Gasteiger partial charge in [-0.15, -0.1) is 0 Å². The zero-order valence-corrected chi connectivity index (χ0v) is 13.6. The van der Waals surface area contributed by atoms with E-state index in [4.69, 9.17) is 0 Å². The molecule has 3 rings (SSSR count). The molecule has 1 aliphatic heterocycles. The van der Waals surface area contributed by atoms with Crippen molar-refractivity contribution >= 4 is 11.8 Å². The minimum atomic E-state index is 0.402. The molecule has 3 aliphatic rings. The first kappa shape index (κ1) is 14.2. The Bertz CT molecular complexity index is 318. The first-order valence-electron chi connectivity index (χ1n) is 8.16. The van der Waals surface area contributed by atoms with Crippen molar-refractivity contribution in [2.24, 2.45) is 5.92 Å². The molecule has 3 heteroatoms. The number of piperazine rings is 1. The number of rotatable bonds is 3. The number of nitrogens with zero attached hydrogens (tertiary/aromatic N) is 1. The van der Waals surface area contributed by atoms with Crippen molar-refractivity contribution in [3.05, 3.63) is 0 Å². The molecule has 0 spiro atoms. The maximum atomic E-state index is 3.85. The lowest BCUT2D eigenvalue weighted by molar-refractivity contribution is 0.0328. The Morgan fingerprint density at radius 2 is 2.00 bits per heavy atom. The Balaban J connectivity index is 1.67. The van der Waals surface area contributed by atoms with Gasteiger partial charge in [0.05, 0.1) is 0 Å². The second-order valence-electron chi connectivity index (χ2n) is 7.27. The Morgan fingerprint density at radius 1 is 1.21 bits per heavy atom. The summed E-state index contributed by atoms with van der Waals surface area (Å²) in [5.74, 6) is 0.947. The van der Waals surface area contributed by atoms with Crippen molar-refractivity contribution in [3.63, 3.8) is 0 Å². The highest BCUT2D eigenvalue weighted by molar-refractivity contribution is 7.99. The van der Waals surface area contributed by atoms with Crippen LogP contribution in [0.5, 0.6) is 0 Å². The maximum absolute atomic E-state index is 3.85. The van der Waals surface area contributed by atoms with E-state index in [1.807, 2.05) is 0 Å². The van der Waals surface area contributed by atoms with Gasteiger partial charge in [-0.3, -0.25) is 4.90 Å². The summed E-state index contributed by atoms with van der Waals surface area (Å²) >= 11 is 2.09. The molecule has 4 unspecified atom stereocenters. The lowest BCUT2D eigenvalue weighted by atomic mass is 9.86. The minimum absolute atomic E-state index is 0.402. The molecule has 1 saturated heterocycles. The van der Waals surface area contributed by atoms with Gasteiger partial charge in [0.25, 0.3) is 0 Å². The van der Waals surface area contributed by atoms with Crippen molar-refractivity contribution < 1.29 is 0 Å². The van der Waals surface area contributed by atoms with Crippen LogP contribution in [0.2, 0.25) is 0 Å². The predicted molar refractivity (Wildman–Crippen MR) is 84.9 cm³/mol. The van der Waals surface area contributed by atoms with Crippen LogP contribution < -0.4 is 5.32 Å². The fourth-order valence-corrected chi connectivity index (χ4v) is 5.02. The standard InChI is InChI=1S/C16H30N2S/c1-12-10-17-16(2,13-7-8-13)11-18(12)14-5-4-6-15(9-14)19-3/h12-15,17H,4-11H2,1-3H3. The van der Waals surface area contributed by atoms with Gasteiger partial charge in [-0.05, 0) is 58.1 Å². The molecule has 0 amide bonds. The third-order valence-electron chi connectivity index (χ3n) is 5.76. The minimum Gasteiger partial charge on any atom is -0.308 e. The average Bonchev–Trinajstić information content (AvgIpc) is 3.27. The van der Waals surface area contributed by atoms with Crippen LogP contribution >= 0.6 is 11.8 Å². The molecule has 3 fully saturated rings. The summed E-state index contributed by atoms with van der Waals surface area (Å²) in [6.45, 7) is 7.36. The predicted octanol–water partition coefficient (Wildman–Crippen LogP) is 3.12.